The molecule has 1 aromatic heterocycles. The van der Waals surface area contributed by atoms with Crippen LogP contribution in [0.1, 0.15) is 18.7 Å². The number of nitrogens with one attached hydrogen (secondary N) is 1. The zero-order valence-electron chi connectivity index (χ0n) is 17.6. The van der Waals surface area contributed by atoms with E-state index in [1.165, 1.54) is 20.3 Å². The molecule has 2 heterocycles. The fraction of sp³-hybridized carbons (Fsp3) is 0.600. The molecule has 0 spiro atoms. The van der Waals surface area contributed by atoms with Crippen molar-refractivity contribution in [1.82, 2.24) is 19.8 Å². The second kappa shape index (κ2) is 9.65. The number of methoxy groups -OCH3 is 2. The molecule has 1 N–H and O–H groups in total. The van der Waals surface area contributed by atoms with E-state index in [9.17, 15) is 13.2 Å². The predicted octanol–water partition coefficient (Wildman–Crippen LogP) is 3.11. The van der Waals surface area contributed by atoms with E-state index >= 15 is 0 Å². The molecule has 166 valence electrons. The molecule has 1 aliphatic heterocycles. The molecule has 7 nitrogen and oxygen atoms in total. The van der Waals surface area contributed by atoms with E-state index in [1.807, 2.05) is 0 Å². The van der Waals surface area contributed by atoms with Crippen LogP contribution in [-0.4, -0.2) is 80.3 Å². The van der Waals surface area contributed by atoms with Gasteiger partial charge in [0.05, 0.1) is 19.7 Å². The third-order valence-corrected chi connectivity index (χ3v) is 5.24. The van der Waals surface area contributed by atoms with E-state index in [1.54, 1.807) is 6.07 Å². The number of halogens is 3. The number of unbranched alkanes of at least 4 members (excludes halogenated alkanes) is 1. The maximum absolute atomic E-state index is 13.3. The van der Waals surface area contributed by atoms with Crippen molar-refractivity contribution in [3.63, 3.8) is 0 Å². The molecular formula is C20H28F3N5O2. The number of piperazine rings is 1. The van der Waals surface area contributed by atoms with Crippen LogP contribution < -0.4 is 14.8 Å². The number of fused-ring (bicyclic) bond motifs is 1. The third-order valence-electron chi connectivity index (χ3n) is 5.24. The Hall–Kier alpha value is -2.33. The van der Waals surface area contributed by atoms with Gasteiger partial charge in [-0.1, -0.05) is 0 Å². The van der Waals surface area contributed by atoms with Crippen LogP contribution in [0.15, 0.2) is 12.1 Å². The van der Waals surface area contributed by atoms with E-state index in [-0.39, 0.29) is 11.3 Å². The van der Waals surface area contributed by atoms with Crippen molar-refractivity contribution < 1.29 is 22.6 Å². The minimum absolute atomic E-state index is 0.146. The number of anilines is 1. The summed E-state index contributed by atoms with van der Waals surface area (Å²) in [7, 11) is 5.02. The van der Waals surface area contributed by atoms with Crippen molar-refractivity contribution in [3.8, 4) is 11.5 Å². The zero-order valence-corrected chi connectivity index (χ0v) is 17.6. The minimum Gasteiger partial charge on any atom is -0.493 e. The van der Waals surface area contributed by atoms with E-state index in [0.29, 0.717) is 23.4 Å². The molecule has 0 unspecified atom stereocenters. The Labute approximate surface area is 174 Å². The van der Waals surface area contributed by atoms with E-state index in [2.05, 4.69) is 32.1 Å². The van der Waals surface area contributed by atoms with Crippen molar-refractivity contribution in [2.75, 3.05) is 65.9 Å². The topological polar surface area (TPSA) is 62.8 Å². The molecule has 30 heavy (non-hydrogen) atoms. The molecule has 10 heteroatoms. The first-order valence-corrected chi connectivity index (χ1v) is 9.97. The summed E-state index contributed by atoms with van der Waals surface area (Å²) in [5, 5.41) is 3.52. The molecule has 1 aliphatic rings. The number of hydrogen-bond acceptors (Lipinski definition) is 7. The summed E-state index contributed by atoms with van der Waals surface area (Å²) in [6.07, 6.45) is -2.85. The monoisotopic (exact) mass is 427 g/mol. The molecule has 0 amide bonds. The molecule has 0 saturated carbocycles. The lowest BCUT2D eigenvalue weighted by Crippen LogP contribution is -2.44. The van der Waals surface area contributed by atoms with Crippen molar-refractivity contribution >= 4 is 16.7 Å². The van der Waals surface area contributed by atoms with Gasteiger partial charge in [0.15, 0.2) is 11.5 Å². The Morgan fingerprint density at radius 2 is 1.67 bits per heavy atom. The van der Waals surface area contributed by atoms with Gasteiger partial charge in [-0.2, -0.15) is 13.2 Å². The van der Waals surface area contributed by atoms with Gasteiger partial charge in [0.25, 0.3) is 0 Å². The number of likely N-dealkylation sites (N-methyl/N-ethyl adjacent to an activating group) is 1. The number of alkyl halides is 3. The smallest absolute Gasteiger partial charge is 0.451 e. The highest BCUT2D eigenvalue weighted by Crippen LogP contribution is 2.36. The van der Waals surface area contributed by atoms with Crippen molar-refractivity contribution in [3.05, 3.63) is 18.0 Å². The Balaban J connectivity index is 1.71. The highest BCUT2D eigenvalue weighted by molar-refractivity contribution is 5.91. The first-order valence-electron chi connectivity index (χ1n) is 9.97. The molecule has 0 atom stereocenters. The SMILES string of the molecule is COc1cc2nc(C(F)(F)F)nc(NCCCCN3CCN(C)CC3)c2cc1OC. The highest BCUT2D eigenvalue weighted by Gasteiger charge is 2.35. The number of nitrogens with zero attached hydrogens (tertiary/aromatic N) is 4. The van der Waals surface area contributed by atoms with Crippen molar-refractivity contribution in [2.24, 2.45) is 0 Å². The van der Waals surface area contributed by atoms with Gasteiger partial charge in [0, 0.05) is 44.2 Å². The van der Waals surface area contributed by atoms with E-state index in [4.69, 9.17) is 9.47 Å². The van der Waals surface area contributed by atoms with E-state index in [0.717, 1.165) is 45.6 Å². The van der Waals surface area contributed by atoms with Crippen LogP contribution in [0, 0.1) is 0 Å². The first-order chi connectivity index (χ1) is 14.3. The van der Waals surface area contributed by atoms with Crippen LogP contribution in [0.5, 0.6) is 11.5 Å². The fourth-order valence-corrected chi connectivity index (χ4v) is 3.46. The normalized spacial score (nSPS) is 16.1. The largest absolute Gasteiger partial charge is 0.493 e. The molecule has 1 fully saturated rings. The maximum Gasteiger partial charge on any atom is 0.451 e. The highest BCUT2D eigenvalue weighted by atomic mass is 19.4. The lowest BCUT2D eigenvalue weighted by Gasteiger charge is -2.32. The van der Waals surface area contributed by atoms with Crippen LogP contribution >= 0.6 is 0 Å². The van der Waals surface area contributed by atoms with E-state index < -0.39 is 12.0 Å². The number of benzene rings is 1. The summed E-state index contributed by atoms with van der Waals surface area (Å²) >= 11 is 0. The molecule has 0 aliphatic carbocycles. The van der Waals surface area contributed by atoms with Gasteiger partial charge in [-0.25, -0.2) is 9.97 Å². The lowest BCUT2D eigenvalue weighted by molar-refractivity contribution is -0.144. The van der Waals surface area contributed by atoms with Gasteiger partial charge in [-0.15, -0.1) is 0 Å². The summed E-state index contributed by atoms with van der Waals surface area (Å²) in [6.45, 7) is 5.74. The molecule has 2 aromatic rings. The van der Waals surface area contributed by atoms with Gasteiger partial charge >= 0.3 is 6.18 Å². The van der Waals surface area contributed by atoms with Gasteiger partial charge in [-0.05, 0) is 32.5 Å². The summed E-state index contributed by atoms with van der Waals surface area (Å²) in [5.41, 5.74) is 0.148. The first kappa shape index (κ1) is 22.4. The van der Waals surface area contributed by atoms with Crippen LogP contribution in [0.4, 0.5) is 19.0 Å². The second-order valence-corrected chi connectivity index (χ2v) is 7.40. The molecule has 0 radical (unpaired) electrons. The van der Waals surface area contributed by atoms with Gasteiger partial charge in [-0.3, -0.25) is 0 Å². The zero-order chi connectivity index (χ0) is 21.7. The molecule has 1 saturated heterocycles. The summed E-state index contributed by atoms with van der Waals surface area (Å²) in [5.74, 6) is -0.309. The van der Waals surface area contributed by atoms with Crippen LogP contribution in [0.2, 0.25) is 0 Å². The van der Waals surface area contributed by atoms with Crippen molar-refractivity contribution in [1.29, 1.82) is 0 Å². The maximum atomic E-state index is 13.3. The Kier molecular flexibility index (Phi) is 7.19. The molecular weight excluding hydrogens is 399 g/mol. The quantitative estimate of drug-likeness (QED) is 0.650. The number of aromatic nitrogens is 2. The standard InChI is InChI=1S/C20H28F3N5O2/c1-27-8-10-28(11-9-27)7-5-4-6-24-18-14-12-16(29-2)17(30-3)13-15(14)25-19(26-18)20(21,22)23/h12-13H,4-11H2,1-3H3,(H,24,25,26). The second-order valence-electron chi connectivity index (χ2n) is 7.40. The predicted molar refractivity (Wildman–Crippen MR) is 109 cm³/mol. The third kappa shape index (κ3) is 5.42. The lowest BCUT2D eigenvalue weighted by atomic mass is 10.2. The summed E-state index contributed by atoms with van der Waals surface area (Å²) < 4.78 is 50.3. The average molecular weight is 427 g/mol. The number of rotatable bonds is 8. The van der Waals surface area contributed by atoms with Gasteiger partial charge in [0.1, 0.15) is 5.82 Å². The van der Waals surface area contributed by atoms with Gasteiger partial charge < -0.3 is 24.6 Å². The van der Waals surface area contributed by atoms with Crippen molar-refractivity contribution in [2.45, 2.75) is 19.0 Å². The Morgan fingerprint density at radius 1 is 1.00 bits per heavy atom. The summed E-state index contributed by atoms with van der Waals surface area (Å²) in [6, 6.07) is 3.03. The molecule has 1 aromatic carbocycles. The van der Waals surface area contributed by atoms with Crippen LogP contribution in [-0.2, 0) is 6.18 Å². The number of ether oxygens (including phenoxy) is 2. The molecule has 0 bridgehead atoms. The van der Waals surface area contributed by atoms with Crippen LogP contribution in [0.25, 0.3) is 10.9 Å². The minimum atomic E-state index is -4.64. The molecule has 3 rings (SSSR count). The number of hydrogen-bond donors (Lipinski definition) is 1. The fourth-order valence-electron chi connectivity index (χ4n) is 3.46. The average Bonchev–Trinajstić information content (AvgIpc) is 2.72. The Morgan fingerprint density at radius 3 is 2.30 bits per heavy atom. The summed E-state index contributed by atoms with van der Waals surface area (Å²) in [4.78, 5) is 12.1. The van der Waals surface area contributed by atoms with Crippen LogP contribution in [0.3, 0.4) is 0 Å². The van der Waals surface area contributed by atoms with Gasteiger partial charge in [0.2, 0.25) is 5.82 Å². The Bertz CT molecular complexity index is 854.